The number of carbonyl (C=O) groups is 3. The molecule has 0 aromatic rings. The fourth-order valence-corrected chi connectivity index (χ4v) is 1.59. The first-order valence-corrected chi connectivity index (χ1v) is 6.58. The first kappa shape index (κ1) is 18.1. The van der Waals surface area contributed by atoms with E-state index in [1.54, 1.807) is 19.9 Å². The van der Waals surface area contributed by atoms with Gasteiger partial charge in [0.1, 0.15) is 12.1 Å². The van der Waals surface area contributed by atoms with Crippen LogP contribution in [-0.4, -0.2) is 35.0 Å². The summed E-state index contributed by atoms with van der Waals surface area (Å²) in [4.78, 5) is 34.3. The van der Waals surface area contributed by atoms with Crippen LogP contribution in [0, 0.1) is 5.92 Å². The van der Waals surface area contributed by atoms with Gasteiger partial charge in [-0.25, -0.2) is 4.79 Å². The average Bonchev–Trinajstić information content (AvgIpc) is 2.29. The Bertz CT molecular complexity index is 398. The molecule has 0 aromatic heterocycles. The molecule has 0 saturated heterocycles. The predicted molar refractivity (Wildman–Crippen MR) is 76.1 cm³/mol. The molecule has 0 unspecified atom stereocenters. The smallest absolute Gasteiger partial charge is 0.326 e. The van der Waals surface area contributed by atoms with E-state index in [0.29, 0.717) is 0 Å². The van der Waals surface area contributed by atoms with Crippen LogP contribution in [0.15, 0.2) is 11.6 Å². The zero-order valence-corrected chi connectivity index (χ0v) is 12.7. The third-order valence-electron chi connectivity index (χ3n) is 2.68. The normalized spacial score (nSPS) is 13.3. The molecule has 0 aliphatic carbocycles. The van der Waals surface area contributed by atoms with Crippen LogP contribution >= 0.6 is 0 Å². The van der Waals surface area contributed by atoms with Crippen molar-refractivity contribution in [3.8, 4) is 0 Å². The van der Waals surface area contributed by atoms with Crippen LogP contribution in [0.5, 0.6) is 0 Å². The molecule has 0 aliphatic heterocycles. The third-order valence-corrected chi connectivity index (χ3v) is 2.68. The molecular weight excluding hydrogens is 260 g/mol. The molecule has 0 saturated carbocycles. The highest BCUT2D eigenvalue weighted by Gasteiger charge is 2.27. The molecule has 0 aliphatic rings. The van der Waals surface area contributed by atoms with Crippen LogP contribution in [0.4, 0.5) is 0 Å². The lowest BCUT2D eigenvalue weighted by molar-refractivity contribution is -0.142. The van der Waals surface area contributed by atoms with Gasteiger partial charge in [0.15, 0.2) is 0 Å². The van der Waals surface area contributed by atoms with Crippen LogP contribution in [0.1, 0.15) is 41.0 Å². The molecule has 3 N–H and O–H groups in total. The van der Waals surface area contributed by atoms with Gasteiger partial charge in [0.25, 0.3) is 0 Å². The van der Waals surface area contributed by atoms with E-state index in [4.69, 9.17) is 5.11 Å². The summed E-state index contributed by atoms with van der Waals surface area (Å²) < 4.78 is 0. The predicted octanol–water partition coefficient (Wildman–Crippen LogP) is 1.07. The number of amides is 2. The van der Waals surface area contributed by atoms with E-state index < -0.39 is 24.0 Å². The van der Waals surface area contributed by atoms with Gasteiger partial charge in [0, 0.05) is 6.92 Å². The molecular formula is C14H24N2O4. The van der Waals surface area contributed by atoms with Crippen LogP contribution in [0.25, 0.3) is 0 Å². The Morgan fingerprint density at radius 1 is 1.10 bits per heavy atom. The summed E-state index contributed by atoms with van der Waals surface area (Å²) in [6.07, 6.45) is 1.97. The molecule has 0 aromatic carbocycles. The fourth-order valence-electron chi connectivity index (χ4n) is 1.59. The number of carboxylic acids is 1. The Balaban J connectivity index is 4.83. The van der Waals surface area contributed by atoms with Crippen molar-refractivity contribution < 1.29 is 19.5 Å². The summed E-state index contributed by atoms with van der Waals surface area (Å²) in [6, 6.07) is -1.73. The van der Waals surface area contributed by atoms with Gasteiger partial charge in [-0.05, 0) is 26.2 Å². The van der Waals surface area contributed by atoms with Crippen LogP contribution < -0.4 is 10.6 Å². The number of carboxylic acid groups (broad SMARTS) is 1. The van der Waals surface area contributed by atoms with Crippen molar-refractivity contribution in [2.75, 3.05) is 0 Å². The van der Waals surface area contributed by atoms with Crippen molar-refractivity contribution in [1.29, 1.82) is 0 Å². The second kappa shape index (κ2) is 8.35. The molecule has 0 spiro atoms. The van der Waals surface area contributed by atoms with E-state index >= 15 is 0 Å². The van der Waals surface area contributed by atoms with Crippen molar-refractivity contribution in [1.82, 2.24) is 10.6 Å². The molecule has 6 nitrogen and oxygen atoms in total. The molecule has 0 rings (SSSR count). The Kier molecular flexibility index (Phi) is 7.57. The van der Waals surface area contributed by atoms with Gasteiger partial charge < -0.3 is 15.7 Å². The van der Waals surface area contributed by atoms with Crippen LogP contribution in [0.3, 0.4) is 0 Å². The van der Waals surface area contributed by atoms with E-state index in [2.05, 4.69) is 10.6 Å². The number of allylic oxidation sites excluding steroid dienone is 1. The van der Waals surface area contributed by atoms with Crippen LogP contribution in [0.2, 0.25) is 0 Å². The first-order valence-electron chi connectivity index (χ1n) is 6.58. The van der Waals surface area contributed by atoms with Crippen molar-refractivity contribution in [3.63, 3.8) is 0 Å². The Labute approximate surface area is 119 Å². The van der Waals surface area contributed by atoms with Crippen molar-refractivity contribution >= 4 is 17.8 Å². The highest BCUT2D eigenvalue weighted by atomic mass is 16.4. The number of hydrogen-bond acceptors (Lipinski definition) is 3. The quantitative estimate of drug-likeness (QED) is 0.609. The Hall–Kier alpha value is -1.85. The van der Waals surface area contributed by atoms with Crippen molar-refractivity contribution in [3.05, 3.63) is 11.6 Å². The molecule has 114 valence electrons. The molecule has 2 atom stereocenters. The summed E-state index contributed by atoms with van der Waals surface area (Å²) in [6.45, 7) is 8.60. The Morgan fingerprint density at radius 3 is 2.00 bits per heavy atom. The maximum Gasteiger partial charge on any atom is 0.326 e. The highest BCUT2D eigenvalue weighted by molar-refractivity contribution is 5.90. The minimum absolute atomic E-state index is 0.128. The molecule has 0 radical (unpaired) electrons. The van der Waals surface area contributed by atoms with E-state index in [-0.39, 0.29) is 18.2 Å². The van der Waals surface area contributed by atoms with E-state index in [0.717, 1.165) is 5.57 Å². The standard InChI is InChI=1S/C14H24N2O4/c1-8(2)6-7-11(14(19)20)16-13(18)12(9(3)4)15-10(5)17/h6,9,11-12H,7H2,1-5H3,(H,15,17)(H,16,18)(H,19,20)/t11-,12+/m0/s1. The van der Waals surface area contributed by atoms with Gasteiger partial charge in [-0.1, -0.05) is 25.5 Å². The summed E-state index contributed by atoms with van der Waals surface area (Å²) in [5.74, 6) is -2.03. The molecule has 0 bridgehead atoms. The largest absolute Gasteiger partial charge is 0.480 e. The minimum atomic E-state index is -1.10. The maximum atomic E-state index is 12.1. The zero-order chi connectivity index (χ0) is 15.9. The maximum absolute atomic E-state index is 12.1. The van der Waals surface area contributed by atoms with E-state index in [9.17, 15) is 14.4 Å². The average molecular weight is 284 g/mol. The monoisotopic (exact) mass is 284 g/mol. The number of nitrogens with one attached hydrogen (secondary N) is 2. The number of rotatable bonds is 7. The first-order chi connectivity index (χ1) is 9.15. The summed E-state index contributed by atoms with van der Waals surface area (Å²) in [7, 11) is 0. The molecule has 6 heteroatoms. The molecule has 20 heavy (non-hydrogen) atoms. The summed E-state index contributed by atoms with van der Waals surface area (Å²) in [5.41, 5.74) is 0.979. The number of hydrogen-bond donors (Lipinski definition) is 3. The lowest BCUT2D eigenvalue weighted by Gasteiger charge is -2.23. The number of carbonyl (C=O) groups excluding carboxylic acids is 2. The molecule has 0 fully saturated rings. The topological polar surface area (TPSA) is 95.5 Å². The summed E-state index contributed by atoms with van der Waals surface area (Å²) in [5, 5.41) is 14.1. The Morgan fingerprint density at radius 2 is 1.65 bits per heavy atom. The van der Waals surface area contributed by atoms with E-state index in [1.165, 1.54) is 6.92 Å². The van der Waals surface area contributed by atoms with Gasteiger partial charge in [-0.15, -0.1) is 0 Å². The highest BCUT2D eigenvalue weighted by Crippen LogP contribution is 2.05. The lowest BCUT2D eigenvalue weighted by atomic mass is 10.0. The van der Waals surface area contributed by atoms with Gasteiger partial charge in [0.2, 0.25) is 11.8 Å². The van der Waals surface area contributed by atoms with Crippen molar-refractivity contribution in [2.24, 2.45) is 5.92 Å². The van der Waals surface area contributed by atoms with Crippen molar-refractivity contribution in [2.45, 2.75) is 53.1 Å². The fraction of sp³-hybridized carbons (Fsp3) is 0.643. The second-order valence-corrected chi connectivity index (χ2v) is 5.34. The zero-order valence-electron chi connectivity index (χ0n) is 12.7. The van der Waals surface area contributed by atoms with Gasteiger partial charge in [-0.3, -0.25) is 9.59 Å². The third kappa shape index (κ3) is 6.92. The lowest BCUT2D eigenvalue weighted by Crippen LogP contribution is -2.53. The second-order valence-electron chi connectivity index (χ2n) is 5.34. The molecule has 0 heterocycles. The summed E-state index contributed by atoms with van der Waals surface area (Å²) >= 11 is 0. The van der Waals surface area contributed by atoms with Gasteiger partial charge in [0.05, 0.1) is 0 Å². The van der Waals surface area contributed by atoms with Gasteiger partial charge >= 0.3 is 5.97 Å². The number of aliphatic carboxylic acids is 1. The SMILES string of the molecule is CC(=O)N[C@@H](C(=O)N[C@@H](CC=C(C)C)C(=O)O)C(C)C. The van der Waals surface area contributed by atoms with E-state index in [1.807, 2.05) is 13.8 Å². The van der Waals surface area contributed by atoms with Gasteiger partial charge in [-0.2, -0.15) is 0 Å². The van der Waals surface area contributed by atoms with Crippen LogP contribution in [-0.2, 0) is 14.4 Å². The molecule has 2 amide bonds. The minimum Gasteiger partial charge on any atom is -0.480 e.